The molecule has 0 bridgehead atoms. The Labute approximate surface area is 114 Å². The predicted octanol–water partition coefficient (Wildman–Crippen LogP) is 0.814. The average Bonchev–Trinajstić information content (AvgIpc) is 2.84. The molecular formula is C12H23N3O3S. The molecule has 4 N–H and O–H groups in total. The molecule has 19 heavy (non-hydrogen) atoms. The van der Waals surface area contributed by atoms with Crippen LogP contribution in [-0.2, 0) is 21.3 Å². The monoisotopic (exact) mass is 289 g/mol. The number of nitrogens with two attached hydrogens (primary N) is 1. The third kappa shape index (κ3) is 4.94. The van der Waals surface area contributed by atoms with E-state index in [1.54, 1.807) is 13.2 Å². The molecule has 0 unspecified atom stereocenters. The zero-order chi connectivity index (χ0) is 14.5. The number of rotatable bonds is 8. The summed E-state index contributed by atoms with van der Waals surface area (Å²) >= 11 is 0. The van der Waals surface area contributed by atoms with E-state index in [0.29, 0.717) is 18.8 Å². The minimum absolute atomic E-state index is 0.157. The number of aromatic nitrogens is 1. The van der Waals surface area contributed by atoms with Crippen LogP contribution in [0.2, 0.25) is 0 Å². The number of aromatic amines is 1. The first-order valence-corrected chi connectivity index (χ1v) is 7.65. The van der Waals surface area contributed by atoms with Gasteiger partial charge in [0.1, 0.15) is 0 Å². The summed E-state index contributed by atoms with van der Waals surface area (Å²) in [7, 11) is -1.85. The smallest absolute Gasteiger partial charge is 0.242 e. The van der Waals surface area contributed by atoms with Gasteiger partial charge < -0.3 is 15.5 Å². The van der Waals surface area contributed by atoms with E-state index >= 15 is 0 Å². The van der Waals surface area contributed by atoms with E-state index in [1.165, 1.54) is 6.20 Å². The topological polar surface area (TPSA) is 97.2 Å². The van der Waals surface area contributed by atoms with Crippen molar-refractivity contribution in [2.75, 3.05) is 20.3 Å². The Morgan fingerprint density at radius 2 is 2.16 bits per heavy atom. The van der Waals surface area contributed by atoms with E-state index in [1.807, 2.05) is 13.8 Å². The van der Waals surface area contributed by atoms with Crippen molar-refractivity contribution >= 4 is 10.0 Å². The molecule has 0 aromatic carbocycles. The van der Waals surface area contributed by atoms with Crippen LogP contribution < -0.4 is 10.5 Å². The Balaban J connectivity index is 2.65. The largest absolute Gasteiger partial charge is 0.385 e. The second-order valence-electron chi connectivity index (χ2n) is 5.30. The van der Waals surface area contributed by atoms with Crippen molar-refractivity contribution in [1.29, 1.82) is 0 Å². The van der Waals surface area contributed by atoms with Gasteiger partial charge in [-0.05, 0) is 17.9 Å². The first-order valence-electron chi connectivity index (χ1n) is 6.17. The molecule has 0 aliphatic heterocycles. The minimum atomic E-state index is -3.49. The van der Waals surface area contributed by atoms with Crippen LogP contribution in [0.3, 0.4) is 0 Å². The summed E-state index contributed by atoms with van der Waals surface area (Å²) in [6, 6.07) is 1.55. The molecule has 7 heteroatoms. The van der Waals surface area contributed by atoms with Gasteiger partial charge in [0.15, 0.2) is 0 Å². The van der Waals surface area contributed by atoms with Crippen molar-refractivity contribution in [3.8, 4) is 0 Å². The molecule has 0 fully saturated rings. The Morgan fingerprint density at radius 1 is 1.47 bits per heavy atom. The molecule has 1 rings (SSSR count). The molecule has 0 aliphatic rings. The molecule has 0 saturated heterocycles. The number of hydrogen-bond acceptors (Lipinski definition) is 4. The van der Waals surface area contributed by atoms with Crippen molar-refractivity contribution in [2.24, 2.45) is 11.1 Å². The number of H-pyrrole nitrogens is 1. The number of sulfonamides is 1. The molecule has 1 heterocycles. The maximum Gasteiger partial charge on any atom is 0.242 e. The predicted molar refractivity (Wildman–Crippen MR) is 74.1 cm³/mol. The highest BCUT2D eigenvalue weighted by molar-refractivity contribution is 7.89. The molecule has 1 aromatic heterocycles. The summed E-state index contributed by atoms with van der Waals surface area (Å²) in [4.78, 5) is 3.05. The lowest BCUT2D eigenvalue weighted by Gasteiger charge is -2.24. The van der Waals surface area contributed by atoms with E-state index in [-0.39, 0.29) is 16.9 Å². The van der Waals surface area contributed by atoms with Crippen LogP contribution in [0.1, 0.15) is 26.0 Å². The molecule has 0 atom stereocenters. The number of ether oxygens (including phenoxy) is 1. The third-order valence-corrected chi connectivity index (χ3v) is 4.35. The Hall–Kier alpha value is -0.890. The highest BCUT2D eigenvalue weighted by atomic mass is 32.2. The zero-order valence-electron chi connectivity index (χ0n) is 11.7. The molecule has 0 spiro atoms. The Kier molecular flexibility index (Phi) is 5.54. The maximum absolute atomic E-state index is 12.1. The van der Waals surface area contributed by atoms with Gasteiger partial charge in [-0.3, -0.25) is 0 Å². The summed E-state index contributed by atoms with van der Waals surface area (Å²) in [5.74, 6) is 0. The summed E-state index contributed by atoms with van der Waals surface area (Å²) in [6.07, 6.45) is 2.24. The van der Waals surface area contributed by atoms with Crippen LogP contribution in [-0.4, -0.2) is 33.7 Å². The lowest BCUT2D eigenvalue weighted by Crippen LogP contribution is -2.34. The molecular weight excluding hydrogens is 266 g/mol. The lowest BCUT2D eigenvalue weighted by molar-refractivity contribution is 0.153. The fraction of sp³-hybridized carbons (Fsp3) is 0.667. The van der Waals surface area contributed by atoms with Crippen LogP contribution in [0.15, 0.2) is 17.2 Å². The standard InChI is InChI=1S/C12H23N3O3S/c1-12(2,4-5-18-3)9-15-19(16,17)11-6-10(7-13)14-8-11/h6,8,14-15H,4-5,7,9,13H2,1-3H3. The van der Waals surface area contributed by atoms with E-state index in [0.717, 1.165) is 6.42 Å². The lowest BCUT2D eigenvalue weighted by atomic mass is 9.90. The van der Waals surface area contributed by atoms with Gasteiger partial charge in [-0.1, -0.05) is 13.8 Å². The van der Waals surface area contributed by atoms with Gasteiger partial charge in [0.25, 0.3) is 0 Å². The van der Waals surface area contributed by atoms with Gasteiger partial charge in [-0.25, -0.2) is 13.1 Å². The maximum atomic E-state index is 12.1. The molecule has 0 amide bonds. The van der Waals surface area contributed by atoms with E-state index in [9.17, 15) is 8.42 Å². The fourth-order valence-corrected chi connectivity index (χ4v) is 2.79. The molecule has 6 nitrogen and oxygen atoms in total. The van der Waals surface area contributed by atoms with Crippen LogP contribution in [0, 0.1) is 5.41 Å². The van der Waals surface area contributed by atoms with Crippen LogP contribution in [0.4, 0.5) is 0 Å². The van der Waals surface area contributed by atoms with Gasteiger partial charge in [-0.2, -0.15) is 0 Å². The molecule has 0 radical (unpaired) electrons. The highest BCUT2D eigenvalue weighted by Crippen LogP contribution is 2.20. The third-order valence-electron chi connectivity index (χ3n) is 2.97. The first kappa shape index (κ1) is 16.2. The Bertz CT molecular complexity index is 494. The Morgan fingerprint density at radius 3 is 2.68 bits per heavy atom. The van der Waals surface area contributed by atoms with Crippen molar-refractivity contribution in [3.63, 3.8) is 0 Å². The number of hydrogen-bond donors (Lipinski definition) is 3. The van der Waals surface area contributed by atoms with E-state index in [4.69, 9.17) is 10.5 Å². The van der Waals surface area contributed by atoms with Crippen LogP contribution in [0.5, 0.6) is 0 Å². The minimum Gasteiger partial charge on any atom is -0.385 e. The summed E-state index contributed by atoms with van der Waals surface area (Å²) in [5, 5.41) is 0. The first-order chi connectivity index (χ1) is 8.80. The number of nitrogens with one attached hydrogen (secondary N) is 2. The SMILES string of the molecule is COCCC(C)(C)CNS(=O)(=O)c1c[nH]c(CN)c1. The van der Waals surface area contributed by atoms with Gasteiger partial charge in [0.05, 0.1) is 4.90 Å². The van der Waals surface area contributed by atoms with Gasteiger partial charge >= 0.3 is 0 Å². The molecule has 1 aromatic rings. The van der Waals surface area contributed by atoms with Crippen molar-refractivity contribution in [3.05, 3.63) is 18.0 Å². The van der Waals surface area contributed by atoms with Crippen LogP contribution >= 0.6 is 0 Å². The van der Waals surface area contributed by atoms with Gasteiger partial charge in [0.2, 0.25) is 10.0 Å². The average molecular weight is 289 g/mol. The second-order valence-corrected chi connectivity index (χ2v) is 7.06. The zero-order valence-corrected chi connectivity index (χ0v) is 12.5. The molecule has 0 saturated carbocycles. The molecule has 0 aliphatic carbocycles. The highest BCUT2D eigenvalue weighted by Gasteiger charge is 2.22. The normalized spacial score (nSPS) is 12.8. The van der Waals surface area contributed by atoms with Gasteiger partial charge in [-0.15, -0.1) is 0 Å². The van der Waals surface area contributed by atoms with Crippen molar-refractivity contribution in [1.82, 2.24) is 9.71 Å². The summed E-state index contributed by atoms with van der Waals surface area (Å²) < 4.78 is 31.8. The van der Waals surface area contributed by atoms with Crippen molar-refractivity contribution in [2.45, 2.75) is 31.7 Å². The quantitative estimate of drug-likeness (QED) is 0.660. The number of methoxy groups -OCH3 is 1. The molecule has 110 valence electrons. The van der Waals surface area contributed by atoms with Gasteiger partial charge in [0, 0.05) is 38.7 Å². The van der Waals surface area contributed by atoms with Crippen LogP contribution in [0.25, 0.3) is 0 Å². The summed E-state index contributed by atoms with van der Waals surface area (Å²) in [5.41, 5.74) is 5.98. The van der Waals surface area contributed by atoms with E-state index in [2.05, 4.69) is 9.71 Å². The summed E-state index contributed by atoms with van der Waals surface area (Å²) in [6.45, 7) is 5.25. The van der Waals surface area contributed by atoms with E-state index < -0.39 is 10.0 Å². The van der Waals surface area contributed by atoms with Crippen molar-refractivity contribution < 1.29 is 13.2 Å². The second kappa shape index (κ2) is 6.51. The fourth-order valence-electron chi connectivity index (χ4n) is 1.53.